The van der Waals surface area contributed by atoms with Gasteiger partial charge in [0.05, 0.1) is 16.9 Å². The predicted molar refractivity (Wildman–Crippen MR) is 60.4 cm³/mol. The molecule has 0 aliphatic carbocycles. The van der Waals surface area contributed by atoms with Gasteiger partial charge < -0.3 is 14.9 Å². The highest BCUT2D eigenvalue weighted by Crippen LogP contribution is 2.26. The van der Waals surface area contributed by atoms with Gasteiger partial charge in [0, 0.05) is 11.9 Å². The van der Waals surface area contributed by atoms with Gasteiger partial charge in [-0.25, -0.2) is 0 Å². The number of nitrogens with zero attached hydrogens (tertiary/aromatic N) is 3. The van der Waals surface area contributed by atoms with E-state index in [1.807, 2.05) is 0 Å². The summed E-state index contributed by atoms with van der Waals surface area (Å²) < 4.78 is 7.08. The molecule has 1 unspecified atom stereocenters. The van der Waals surface area contributed by atoms with E-state index in [4.69, 9.17) is 4.74 Å². The van der Waals surface area contributed by atoms with Crippen molar-refractivity contribution < 1.29 is 9.66 Å². The Bertz CT molecular complexity index is 387. The van der Waals surface area contributed by atoms with Crippen LogP contribution >= 0.6 is 15.9 Å². The van der Waals surface area contributed by atoms with Crippen LogP contribution in [-0.4, -0.2) is 21.3 Å². The second-order valence-corrected chi connectivity index (χ2v) is 4.23. The molecule has 0 spiro atoms. The molecule has 0 aromatic carbocycles. The maximum Gasteiger partial charge on any atom is 0.394 e. The lowest BCUT2D eigenvalue weighted by molar-refractivity contribution is -0.390. The molecule has 2 rings (SSSR count). The van der Waals surface area contributed by atoms with E-state index in [0.717, 1.165) is 19.3 Å². The third kappa shape index (κ3) is 2.25. The van der Waals surface area contributed by atoms with Crippen molar-refractivity contribution in [1.82, 2.24) is 9.78 Å². The van der Waals surface area contributed by atoms with Crippen LogP contribution in [0.2, 0.25) is 0 Å². The van der Waals surface area contributed by atoms with Gasteiger partial charge in [0.2, 0.25) is 0 Å². The zero-order chi connectivity index (χ0) is 11.5. The summed E-state index contributed by atoms with van der Waals surface area (Å²) in [5.41, 5.74) is 0.583. The summed E-state index contributed by atoms with van der Waals surface area (Å²) in [6.07, 6.45) is 4.51. The quantitative estimate of drug-likeness (QED) is 0.487. The third-order valence-electron chi connectivity index (χ3n) is 2.55. The minimum atomic E-state index is -0.462. The second-order valence-electron chi connectivity index (χ2n) is 3.67. The van der Waals surface area contributed by atoms with E-state index in [2.05, 4.69) is 21.0 Å². The van der Waals surface area contributed by atoms with Crippen molar-refractivity contribution in [2.45, 2.75) is 30.8 Å². The zero-order valence-corrected chi connectivity index (χ0v) is 10.2. The summed E-state index contributed by atoms with van der Waals surface area (Å²) in [6.45, 7) is 0.696. The minimum absolute atomic E-state index is 0.0916. The Morgan fingerprint density at radius 3 is 3.00 bits per heavy atom. The molecule has 1 aromatic heterocycles. The smallest absolute Gasteiger partial charge is 0.358 e. The molecule has 1 atom stereocenters. The lowest BCUT2D eigenvalue weighted by atomic mass is 10.2. The summed E-state index contributed by atoms with van der Waals surface area (Å²) in [6, 6.07) is 0. The van der Waals surface area contributed by atoms with E-state index >= 15 is 0 Å². The van der Waals surface area contributed by atoms with Gasteiger partial charge in [0.15, 0.2) is 6.23 Å². The number of rotatable bonds is 3. The molecule has 0 amide bonds. The lowest BCUT2D eigenvalue weighted by Crippen LogP contribution is -2.18. The topological polar surface area (TPSA) is 70.2 Å². The summed E-state index contributed by atoms with van der Waals surface area (Å²) >= 11 is 3.22. The van der Waals surface area contributed by atoms with Crippen molar-refractivity contribution in [3.8, 4) is 0 Å². The van der Waals surface area contributed by atoms with Gasteiger partial charge in [-0.05, 0) is 24.2 Å². The van der Waals surface area contributed by atoms with Crippen LogP contribution in [0.1, 0.15) is 31.1 Å². The van der Waals surface area contributed by atoms with Crippen LogP contribution in [0, 0.1) is 10.1 Å². The molecule has 0 bridgehead atoms. The van der Waals surface area contributed by atoms with Crippen LogP contribution < -0.4 is 0 Å². The Kier molecular flexibility index (Phi) is 3.55. The highest BCUT2D eigenvalue weighted by Gasteiger charge is 2.25. The summed E-state index contributed by atoms with van der Waals surface area (Å²) in [5.74, 6) is -0.0916. The molecule has 0 N–H and O–H groups in total. The van der Waals surface area contributed by atoms with E-state index in [1.54, 1.807) is 10.9 Å². The first-order chi connectivity index (χ1) is 7.72. The van der Waals surface area contributed by atoms with Gasteiger partial charge in [0.25, 0.3) is 0 Å². The number of alkyl halides is 1. The number of halogens is 1. The zero-order valence-electron chi connectivity index (χ0n) is 8.63. The van der Waals surface area contributed by atoms with Crippen LogP contribution in [0.5, 0.6) is 0 Å². The lowest BCUT2D eigenvalue weighted by Gasteiger charge is -2.20. The van der Waals surface area contributed by atoms with Crippen LogP contribution in [0.4, 0.5) is 5.82 Å². The van der Waals surface area contributed by atoms with E-state index < -0.39 is 4.92 Å². The Balaban J connectivity index is 2.24. The first-order valence-electron chi connectivity index (χ1n) is 5.12. The molecule has 16 heavy (non-hydrogen) atoms. The van der Waals surface area contributed by atoms with Crippen molar-refractivity contribution in [2.75, 3.05) is 6.61 Å². The van der Waals surface area contributed by atoms with E-state index in [1.165, 1.54) is 0 Å². The molecule has 1 aromatic rings. The molecule has 7 heteroatoms. The first kappa shape index (κ1) is 11.5. The van der Waals surface area contributed by atoms with Gasteiger partial charge in [-0.15, -0.1) is 0 Å². The Hall–Kier alpha value is -0.950. The largest absolute Gasteiger partial charge is 0.394 e. The fourth-order valence-electron chi connectivity index (χ4n) is 1.75. The normalized spacial score (nSPS) is 20.9. The third-order valence-corrected chi connectivity index (χ3v) is 3.16. The maximum absolute atomic E-state index is 10.7. The number of aromatic nitrogens is 2. The van der Waals surface area contributed by atoms with E-state index in [9.17, 15) is 10.1 Å². The highest BCUT2D eigenvalue weighted by molar-refractivity contribution is 9.08. The van der Waals surface area contributed by atoms with Crippen molar-refractivity contribution in [3.05, 3.63) is 21.9 Å². The molecule has 0 saturated carbocycles. The summed E-state index contributed by atoms with van der Waals surface area (Å²) in [4.78, 5) is 10.3. The van der Waals surface area contributed by atoms with Gasteiger partial charge in [-0.3, -0.25) is 0 Å². The van der Waals surface area contributed by atoms with Gasteiger partial charge in [-0.2, -0.15) is 4.68 Å². The van der Waals surface area contributed by atoms with Crippen molar-refractivity contribution >= 4 is 21.7 Å². The molecule has 1 saturated heterocycles. The molecular weight excluding hydrogens is 278 g/mol. The maximum atomic E-state index is 10.7. The Labute approximate surface area is 101 Å². The monoisotopic (exact) mass is 289 g/mol. The van der Waals surface area contributed by atoms with E-state index in [0.29, 0.717) is 17.5 Å². The number of hydrogen-bond donors (Lipinski definition) is 0. The van der Waals surface area contributed by atoms with Crippen molar-refractivity contribution in [2.24, 2.45) is 0 Å². The molecular formula is C9H12BrN3O3. The van der Waals surface area contributed by atoms with Gasteiger partial charge >= 0.3 is 5.82 Å². The van der Waals surface area contributed by atoms with Crippen molar-refractivity contribution in [3.63, 3.8) is 0 Å². The second kappa shape index (κ2) is 4.92. The van der Waals surface area contributed by atoms with Gasteiger partial charge in [0.1, 0.15) is 0 Å². The Morgan fingerprint density at radius 1 is 1.69 bits per heavy atom. The van der Waals surface area contributed by atoms with Crippen LogP contribution in [0.3, 0.4) is 0 Å². The minimum Gasteiger partial charge on any atom is -0.358 e. The van der Waals surface area contributed by atoms with E-state index in [-0.39, 0.29) is 12.0 Å². The SMILES string of the molecule is O=[N+]([O-])c1nn(C2CCCCO2)cc1CBr. The summed E-state index contributed by atoms with van der Waals surface area (Å²) in [5, 5.41) is 15.1. The molecule has 1 aliphatic rings. The molecule has 6 nitrogen and oxygen atoms in total. The fraction of sp³-hybridized carbons (Fsp3) is 0.667. The fourth-order valence-corrected chi connectivity index (χ4v) is 2.14. The first-order valence-corrected chi connectivity index (χ1v) is 6.24. The molecule has 1 aliphatic heterocycles. The number of hydrogen-bond acceptors (Lipinski definition) is 4. The Morgan fingerprint density at radius 2 is 2.50 bits per heavy atom. The van der Waals surface area contributed by atoms with Crippen LogP contribution in [0.15, 0.2) is 6.20 Å². The van der Waals surface area contributed by atoms with Crippen LogP contribution in [-0.2, 0) is 10.1 Å². The summed E-state index contributed by atoms with van der Waals surface area (Å²) in [7, 11) is 0. The average molecular weight is 290 g/mol. The standard InChI is InChI=1S/C9H12BrN3O3/c10-5-7-6-12(11-9(7)13(14)15)8-3-1-2-4-16-8/h6,8H,1-5H2. The predicted octanol–water partition coefficient (Wildman–Crippen LogP) is 2.39. The molecule has 1 fully saturated rings. The molecule has 2 heterocycles. The number of ether oxygens (including phenoxy) is 1. The average Bonchev–Trinajstić information content (AvgIpc) is 2.74. The van der Waals surface area contributed by atoms with Gasteiger partial charge in [-0.1, -0.05) is 15.9 Å². The molecule has 0 radical (unpaired) electrons. The molecule has 88 valence electrons. The highest BCUT2D eigenvalue weighted by atomic mass is 79.9. The van der Waals surface area contributed by atoms with Crippen LogP contribution in [0.25, 0.3) is 0 Å². The van der Waals surface area contributed by atoms with Crippen molar-refractivity contribution in [1.29, 1.82) is 0 Å². The number of nitro groups is 1.